The van der Waals surface area contributed by atoms with Crippen LogP contribution in [0, 0.1) is 33.3 Å². The van der Waals surface area contributed by atoms with Crippen LogP contribution in [0.1, 0.15) is 44.2 Å². The van der Waals surface area contributed by atoms with Crippen LogP contribution < -0.4 is 0 Å². The van der Waals surface area contributed by atoms with Crippen molar-refractivity contribution in [3.63, 3.8) is 0 Å². The van der Waals surface area contributed by atoms with Gasteiger partial charge in [-0.25, -0.2) is 0 Å². The van der Waals surface area contributed by atoms with Crippen LogP contribution in [-0.4, -0.2) is 17.0 Å². The van der Waals surface area contributed by atoms with Crippen molar-refractivity contribution in [2.75, 3.05) is 0 Å². The minimum atomic E-state index is -0.607. The molecule has 0 radical (unpaired) electrons. The fraction of sp³-hybridized carbons (Fsp3) is 0.348. The number of nitro groups is 1. The highest BCUT2D eigenvalue weighted by Crippen LogP contribution is 2.50. The molecule has 5 heteroatoms. The van der Waals surface area contributed by atoms with Gasteiger partial charge in [0.2, 0.25) is 0 Å². The minimum Gasteiger partial charge on any atom is -0.448 e. The van der Waals surface area contributed by atoms with Crippen molar-refractivity contribution < 1.29 is 14.5 Å². The summed E-state index contributed by atoms with van der Waals surface area (Å²) in [6.07, 6.45) is 0.329. The normalized spacial score (nSPS) is 19.1. The molecule has 1 aliphatic rings. The number of carbonyl (C=O) groups is 1. The molecule has 0 aliphatic heterocycles. The lowest BCUT2D eigenvalue weighted by molar-refractivity contribution is -0.384. The fourth-order valence-electron chi connectivity index (χ4n) is 2.97. The Kier molecular flexibility index (Phi) is 5.51. The fourth-order valence-corrected chi connectivity index (χ4v) is 2.97. The first-order valence-electron chi connectivity index (χ1n) is 9.28. The third-order valence-corrected chi connectivity index (χ3v) is 4.74. The molecular weight excluding hydrogens is 354 g/mol. The molecular formula is C23H23NO4. The van der Waals surface area contributed by atoms with Gasteiger partial charge in [0.05, 0.1) is 10.3 Å². The second-order valence-electron chi connectivity index (χ2n) is 8.07. The van der Waals surface area contributed by atoms with Gasteiger partial charge in [-0.1, -0.05) is 42.2 Å². The zero-order valence-corrected chi connectivity index (χ0v) is 16.2. The van der Waals surface area contributed by atoms with E-state index in [0.717, 1.165) is 17.5 Å². The summed E-state index contributed by atoms with van der Waals surface area (Å²) in [5.74, 6) is 6.22. The SMILES string of the molecule is CC(C)(C)C(=O)OC(C#Cc1ccccc1)[C@@H]1C[C@@H]1c1ccc([N+](=O)[O-])cc1. The number of carbonyl (C=O) groups excluding carboxylic acids is 1. The molecule has 2 aromatic rings. The van der Waals surface area contributed by atoms with Gasteiger partial charge >= 0.3 is 5.97 Å². The summed E-state index contributed by atoms with van der Waals surface area (Å²) >= 11 is 0. The number of benzene rings is 2. The van der Waals surface area contributed by atoms with Crippen LogP contribution >= 0.6 is 0 Å². The number of rotatable bonds is 4. The highest BCUT2D eigenvalue weighted by Gasteiger charge is 2.46. The van der Waals surface area contributed by atoms with Crippen molar-refractivity contribution in [2.45, 2.75) is 39.2 Å². The number of esters is 1. The molecule has 3 atom stereocenters. The van der Waals surface area contributed by atoms with Crippen LogP contribution in [0.5, 0.6) is 0 Å². The largest absolute Gasteiger partial charge is 0.448 e. The zero-order chi connectivity index (χ0) is 20.3. The summed E-state index contributed by atoms with van der Waals surface area (Å²) < 4.78 is 5.75. The third kappa shape index (κ3) is 4.77. The Bertz CT molecular complexity index is 917. The molecule has 1 fully saturated rings. The lowest BCUT2D eigenvalue weighted by Gasteiger charge is -2.20. The van der Waals surface area contributed by atoms with Crippen LogP contribution in [-0.2, 0) is 9.53 Å². The summed E-state index contributed by atoms with van der Waals surface area (Å²) in [5.41, 5.74) is 1.34. The van der Waals surface area contributed by atoms with E-state index in [4.69, 9.17) is 4.74 Å². The van der Waals surface area contributed by atoms with Crippen LogP contribution in [0.25, 0.3) is 0 Å². The van der Waals surface area contributed by atoms with Gasteiger partial charge in [-0.3, -0.25) is 14.9 Å². The van der Waals surface area contributed by atoms with Gasteiger partial charge in [-0.2, -0.15) is 0 Å². The van der Waals surface area contributed by atoms with E-state index in [1.807, 2.05) is 51.1 Å². The second-order valence-corrected chi connectivity index (χ2v) is 8.07. The van der Waals surface area contributed by atoms with E-state index < -0.39 is 16.4 Å². The number of non-ortho nitro benzene ring substituents is 1. The van der Waals surface area contributed by atoms with Crippen LogP contribution in [0.15, 0.2) is 54.6 Å². The summed E-state index contributed by atoms with van der Waals surface area (Å²) in [6, 6.07) is 16.1. The predicted molar refractivity (Wildman–Crippen MR) is 107 cm³/mol. The number of ether oxygens (including phenoxy) is 1. The average molecular weight is 377 g/mol. The molecule has 2 aromatic carbocycles. The van der Waals surface area contributed by atoms with Crippen molar-refractivity contribution >= 4 is 11.7 Å². The van der Waals surface area contributed by atoms with Crippen molar-refractivity contribution in [1.82, 2.24) is 0 Å². The topological polar surface area (TPSA) is 69.4 Å². The Morgan fingerprint density at radius 3 is 2.36 bits per heavy atom. The van der Waals surface area contributed by atoms with E-state index >= 15 is 0 Å². The smallest absolute Gasteiger partial charge is 0.312 e. The molecule has 3 rings (SSSR count). The number of nitro benzene ring substituents is 1. The zero-order valence-electron chi connectivity index (χ0n) is 16.2. The molecule has 1 aliphatic carbocycles. The van der Waals surface area contributed by atoms with Gasteiger partial charge in [0.25, 0.3) is 5.69 Å². The number of hydrogen-bond donors (Lipinski definition) is 0. The summed E-state index contributed by atoms with van der Waals surface area (Å²) in [5, 5.41) is 10.8. The Morgan fingerprint density at radius 1 is 1.14 bits per heavy atom. The predicted octanol–water partition coefficient (Wildman–Crippen LogP) is 4.71. The van der Waals surface area contributed by atoms with Crippen molar-refractivity contribution in [2.24, 2.45) is 11.3 Å². The maximum Gasteiger partial charge on any atom is 0.312 e. The number of hydrogen-bond acceptors (Lipinski definition) is 4. The maximum absolute atomic E-state index is 12.4. The molecule has 0 spiro atoms. The van der Waals surface area contributed by atoms with E-state index in [1.165, 1.54) is 12.1 Å². The van der Waals surface area contributed by atoms with Gasteiger partial charge < -0.3 is 4.74 Å². The molecule has 1 unspecified atom stereocenters. The lowest BCUT2D eigenvalue weighted by atomic mass is 9.97. The maximum atomic E-state index is 12.4. The summed E-state index contributed by atoms with van der Waals surface area (Å²) in [6.45, 7) is 5.45. The van der Waals surface area contributed by atoms with Crippen molar-refractivity contribution in [3.8, 4) is 11.8 Å². The van der Waals surface area contributed by atoms with Crippen molar-refractivity contribution in [1.29, 1.82) is 0 Å². The van der Waals surface area contributed by atoms with Crippen LogP contribution in [0.4, 0.5) is 5.69 Å². The van der Waals surface area contributed by atoms with E-state index in [2.05, 4.69) is 11.8 Å². The van der Waals surface area contributed by atoms with Gasteiger partial charge in [-0.15, -0.1) is 0 Å². The van der Waals surface area contributed by atoms with Crippen LogP contribution in [0.2, 0.25) is 0 Å². The minimum absolute atomic E-state index is 0.0699. The molecule has 1 saturated carbocycles. The molecule has 5 nitrogen and oxygen atoms in total. The monoisotopic (exact) mass is 377 g/mol. The molecule has 0 aromatic heterocycles. The number of nitrogens with zero attached hydrogens (tertiary/aromatic N) is 1. The average Bonchev–Trinajstić information content (AvgIpc) is 3.45. The molecule has 0 bridgehead atoms. The first-order chi connectivity index (χ1) is 13.3. The van der Waals surface area contributed by atoms with Gasteiger partial charge in [0.15, 0.2) is 6.10 Å². The Morgan fingerprint density at radius 2 is 1.79 bits per heavy atom. The van der Waals surface area contributed by atoms with E-state index in [9.17, 15) is 14.9 Å². The molecule has 0 heterocycles. The lowest BCUT2D eigenvalue weighted by Crippen LogP contribution is -2.29. The van der Waals surface area contributed by atoms with Gasteiger partial charge in [0.1, 0.15) is 0 Å². The van der Waals surface area contributed by atoms with Gasteiger partial charge in [0, 0.05) is 23.6 Å². The first kappa shape index (κ1) is 19.6. The van der Waals surface area contributed by atoms with E-state index in [0.29, 0.717) is 0 Å². The Hall–Kier alpha value is -3.13. The summed E-state index contributed by atoms with van der Waals surface area (Å²) in [7, 11) is 0. The van der Waals surface area contributed by atoms with Crippen LogP contribution in [0.3, 0.4) is 0 Å². The quantitative estimate of drug-likeness (QED) is 0.335. The molecule has 0 saturated heterocycles. The first-order valence-corrected chi connectivity index (χ1v) is 9.28. The van der Waals surface area contributed by atoms with Crippen molar-refractivity contribution in [3.05, 3.63) is 75.8 Å². The third-order valence-electron chi connectivity index (χ3n) is 4.74. The standard InChI is InChI=1S/C23H23NO4/c1-23(2,3)22(25)28-21(14-9-16-7-5-4-6-8-16)20-15-19(20)17-10-12-18(13-11-17)24(26)27/h4-8,10-13,19-21H,15H2,1-3H3/t19-,20-,21?/m1/s1. The molecule has 0 amide bonds. The molecule has 144 valence electrons. The highest BCUT2D eigenvalue weighted by molar-refractivity contribution is 5.76. The van der Waals surface area contributed by atoms with E-state index in [1.54, 1.807) is 12.1 Å². The molecule has 28 heavy (non-hydrogen) atoms. The molecule has 0 N–H and O–H groups in total. The van der Waals surface area contributed by atoms with E-state index in [-0.39, 0.29) is 23.5 Å². The highest BCUT2D eigenvalue weighted by atomic mass is 16.6. The summed E-state index contributed by atoms with van der Waals surface area (Å²) in [4.78, 5) is 22.8. The Balaban J connectivity index is 1.78. The Labute approximate surface area is 164 Å². The second kappa shape index (κ2) is 7.85. The van der Waals surface area contributed by atoms with Gasteiger partial charge in [-0.05, 0) is 50.8 Å².